The predicted octanol–water partition coefficient (Wildman–Crippen LogP) is 1.30. The Labute approximate surface area is 99.9 Å². The van der Waals surface area contributed by atoms with E-state index in [0.717, 1.165) is 5.56 Å². The van der Waals surface area contributed by atoms with E-state index in [9.17, 15) is 8.42 Å². The van der Waals surface area contributed by atoms with Gasteiger partial charge in [-0.05, 0) is 19.1 Å². The summed E-state index contributed by atoms with van der Waals surface area (Å²) in [6.45, 7) is 1.42. The Morgan fingerprint density at radius 2 is 1.94 bits per heavy atom. The van der Waals surface area contributed by atoms with Crippen LogP contribution in [0.2, 0.25) is 0 Å². The van der Waals surface area contributed by atoms with Crippen molar-refractivity contribution in [3.63, 3.8) is 0 Å². The number of hydrogen-bond acceptors (Lipinski definition) is 4. The van der Waals surface area contributed by atoms with Crippen LogP contribution >= 0.6 is 11.6 Å². The molecule has 1 rings (SSSR count). The van der Waals surface area contributed by atoms with Crippen LogP contribution in [0.3, 0.4) is 0 Å². The van der Waals surface area contributed by atoms with Gasteiger partial charge in [-0.1, -0.05) is 17.7 Å². The van der Waals surface area contributed by atoms with Gasteiger partial charge >= 0.3 is 0 Å². The summed E-state index contributed by atoms with van der Waals surface area (Å²) in [7, 11) is -3.84. The lowest BCUT2D eigenvalue weighted by Gasteiger charge is -2.12. The summed E-state index contributed by atoms with van der Waals surface area (Å²) in [4.78, 5) is 0.0571. The molecule has 0 aliphatic heterocycles. The second-order valence-electron chi connectivity index (χ2n) is 3.32. The maximum absolute atomic E-state index is 11.7. The Balaban J connectivity index is 2.89. The summed E-state index contributed by atoms with van der Waals surface area (Å²) in [5.74, 6) is -0.0818. The zero-order valence-corrected chi connectivity index (χ0v) is 10.3. The highest BCUT2D eigenvalue weighted by Gasteiger charge is 2.20. The molecule has 0 saturated heterocycles. The largest absolute Gasteiger partial charge is 0.394 e. The molecule has 0 amide bonds. The van der Waals surface area contributed by atoms with E-state index in [2.05, 4.69) is 0 Å². The van der Waals surface area contributed by atoms with E-state index in [-0.39, 0.29) is 10.8 Å². The average Bonchev–Trinajstić information content (AvgIpc) is 2.26. The van der Waals surface area contributed by atoms with Crippen molar-refractivity contribution in [2.75, 3.05) is 12.5 Å². The van der Waals surface area contributed by atoms with Crippen molar-refractivity contribution in [1.29, 1.82) is 0 Å². The lowest BCUT2D eigenvalue weighted by molar-refractivity contribution is 0.137. The summed E-state index contributed by atoms with van der Waals surface area (Å²) in [5, 5.41) is 8.81. The van der Waals surface area contributed by atoms with Gasteiger partial charge < -0.3 is 5.11 Å². The summed E-state index contributed by atoms with van der Waals surface area (Å²) in [6.07, 6.45) is -0.909. The second-order valence-corrected chi connectivity index (χ2v) is 5.20. The minimum Gasteiger partial charge on any atom is -0.394 e. The monoisotopic (exact) mass is 264 g/mol. The Morgan fingerprint density at radius 1 is 1.38 bits per heavy atom. The average molecular weight is 265 g/mol. The molecule has 0 aliphatic carbocycles. The molecule has 1 N–H and O–H groups in total. The van der Waals surface area contributed by atoms with E-state index < -0.39 is 22.8 Å². The molecule has 0 spiro atoms. The SMILES string of the molecule is Cc1ccc(S(=O)(=O)O[C@H](CO)CCl)cc1. The van der Waals surface area contributed by atoms with Crippen LogP contribution in [0, 0.1) is 6.92 Å². The predicted molar refractivity (Wildman–Crippen MR) is 61.0 cm³/mol. The number of benzene rings is 1. The molecule has 0 aromatic heterocycles. The quantitative estimate of drug-likeness (QED) is 0.643. The van der Waals surface area contributed by atoms with Gasteiger partial charge in [0.25, 0.3) is 10.1 Å². The van der Waals surface area contributed by atoms with Gasteiger partial charge in [-0.25, -0.2) is 0 Å². The van der Waals surface area contributed by atoms with Crippen LogP contribution in [0.5, 0.6) is 0 Å². The topological polar surface area (TPSA) is 63.6 Å². The molecule has 0 saturated carbocycles. The van der Waals surface area contributed by atoms with Crippen LogP contribution in [0.4, 0.5) is 0 Å². The first kappa shape index (κ1) is 13.4. The molecule has 1 atom stereocenters. The van der Waals surface area contributed by atoms with Crippen LogP contribution in [0.15, 0.2) is 29.2 Å². The summed E-state index contributed by atoms with van der Waals surface area (Å²) in [6, 6.07) is 6.25. The number of aliphatic hydroxyl groups excluding tert-OH is 1. The van der Waals surface area contributed by atoms with Gasteiger partial charge in [-0.3, -0.25) is 4.18 Å². The highest BCUT2D eigenvalue weighted by Crippen LogP contribution is 2.15. The number of alkyl halides is 1. The van der Waals surface area contributed by atoms with E-state index in [1.54, 1.807) is 12.1 Å². The highest BCUT2D eigenvalue weighted by atomic mass is 35.5. The van der Waals surface area contributed by atoms with Crippen LogP contribution in [0.1, 0.15) is 5.56 Å². The first-order chi connectivity index (χ1) is 7.49. The van der Waals surface area contributed by atoms with Crippen LogP contribution in [0.25, 0.3) is 0 Å². The molecule has 0 radical (unpaired) electrons. The van der Waals surface area contributed by atoms with E-state index in [4.69, 9.17) is 20.9 Å². The van der Waals surface area contributed by atoms with Gasteiger partial charge in [0.15, 0.2) is 0 Å². The lowest BCUT2D eigenvalue weighted by atomic mass is 10.2. The highest BCUT2D eigenvalue weighted by molar-refractivity contribution is 7.86. The third-order valence-electron chi connectivity index (χ3n) is 1.95. The third-order valence-corrected chi connectivity index (χ3v) is 3.67. The number of rotatable bonds is 5. The molecule has 1 aromatic rings. The van der Waals surface area contributed by atoms with E-state index in [1.165, 1.54) is 12.1 Å². The van der Waals surface area contributed by atoms with Crippen molar-refractivity contribution in [1.82, 2.24) is 0 Å². The van der Waals surface area contributed by atoms with Crippen LogP contribution < -0.4 is 0 Å². The molecule has 4 nitrogen and oxygen atoms in total. The zero-order chi connectivity index (χ0) is 12.2. The Morgan fingerprint density at radius 3 is 2.38 bits per heavy atom. The van der Waals surface area contributed by atoms with E-state index in [1.807, 2.05) is 6.92 Å². The maximum atomic E-state index is 11.7. The molecule has 16 heavy (non-hydrogen) atoms. The summed E-state index contributed by atoms with van der Waals surface area (Å²) in [5.41, 5.74) is 0.954. The Bertz CT molecular complexity index is 423. The normalized spacial score (nSPS) is 13.7. The molecule has 0 bridgehead atoms. The Kier molecular flexibility index (Phi) is 4.73. The van der Waals surface area contributed by atoms with Crippen molar-refractivity contribution >= 4 is 21.7 Å². The number of aliphatic hydroxyl groups is 1. The first-order valence-electron chi connectivity index (χ1n) is 4.66. The fourth-order valence-corrected chi connectivity index (χ4v) is 2.35. The fraction of sp³-hybridized carbons (Fsp3) is 0.400. The lowest BCUT2D eigenvalue weighted by Crippen LogP contribution is -2.23. The van der Waals surface area contributed by atoms with E-state index in [0.29, 0.717) is 0 Å². The summed E-state index contributed by atoms with van der Waals surface area (Å²) < 4.78 is 28.1. The van der Waals surface area contributed by atoms with Gasteiger partial charge in [-0.2, -0.15) is 8.42 Å². The molecular formula is C10H13ClO4S. The number of halogens is 1. The van der Waals surface area contributed by atoms with Crippen molar-refractivity contribution in [3.05, 3.63) is 29.8 Å². The molecule has 0 fully saturated rings. The van der Waals surface area contributed by atoms with Gasteiger partial charge in [0, 0.05) is 0 Å². The molecule has 1 aromatic carbocycles. The van der Waals surface area contributed by atoms with Crippen molar-refractivity contribution in [3.8, 4) is 0 Å². The van der Waals surface area contributed by atoms with Gasteiger partial charge in [0.2, 0.25) is 0 Å². The summed E-state index contributed by atoms with van der Waals surface area (Å²) >= 11 is 5.44. The molecule has 0 heterocycles. The first-order valence-corrected chi connectivity index (χ1v) is 6.60. The minimum atomic E-state index is -3.84. The molecule has 6 heteroatoms. The van der Waals surface area contributed by atoms with Crippen molar-refractivity contribution in [2.24, 2.45) is 0 Å². The van der Waals surface area contributed by atoms with Gasteiger partial charge in [0.05, 0.1) is 17.4 Å². The maximum Gasteiger partial charge on any atom is 0.297 e. The van der Waals surface area contributed by atoms with Crippen LogP contribution in [-0.4, -0.2) is 32.1 Å². The number of hydrogen-bond donors (Lipinski definition) is 1. The van der Waals surface area contributed by atoms with Crippen molar-refractivity contribution in [2.45, 2.75) is 17.9 Å². The van der Waals surface area contributed by atoms with Gasteiger partial charge in [0.1, 0.15) is 6.10 Å². The Hall–Kier alpha value is -0.620. The molecule has 0 aliphatic rings. The third kappa shape index (κ3) is 3.45. The molecular weight excluding hydrogens is 252 g/mol. The second kappa shape index (κ2) is 5.63. The van der Waals surface area contributed by atoms with Gasteiger partial charge in [-0.15, -0.1) is 11.6 Å². The zero-order valence-electron chi connectivity index (χ0n) is 8.76. The van der Waals surface area contributed by atoms with E-state index >= 15 is 0 Å². The standard InChI is InChI=1S/C10H13ClO4S/c1-8-2-4-10(5-3-8)16(13,14)15-9(6-11)7-12/h2-5,9,12H,6-7H2,1H3/t9-/m0/s1. The number of aryl methyl sites for hydroxylation is 1. The van der Waals surface area contributed by atoms with Crippen molar-refractivity contribution < 1.29 is 17.7 Å². The fourth-order valence-electron chi connectivity index (χ4n) is 1.04. The molecule has 0 unspecified atom stereocenters. The minimum absolute atomic E-state index is 0.0571. The van der Waals surface area contributed by atoms with Crippen LogP contribution in [-0.2, 0) is 14.3 Å². The molecule has 90 valence electrons. The smallest absolute Gasteiger partial charge is 0.297 e.